The van der Waals surface area contributed by atoms with E-state index in [-0.39, 0.29) is 11.3 Å². The molecule has 2 aromatic rings. The Balaban J connectivity index is 1.98. The minimum Gasteiger partial charge on any atom is -0.452 e. The summed E-state index contributed by atoms with van der Waals surface area (Å²) in [7, 11) is -3.58. The molecule has 2 aromatic carbocycles. The molecule has 0 aliphatic heterocycles. The molecule has 0 unspecified atom stereocenters. The van der Waals surface area contributed by atoms with Crippen LogP contribution in [-0.4, -0.2) is 33.2 Å². The van der Waals surface area contributed by atoms with E-state index in [1.165, 1.54) is 12.1 Å². The van der Waals surface area contributed by atoms with E-state index in [9.17, 15) is 18.0 Å². The first-order valence-electron chi connectivity index (χ1n) is 8.05. The fourth-order valence-electron chi connectivity index (χ4n) is 2.37. The second-order valence-corrected chi connectivity index (χ2v) is 8.54. The van der Waals surface area contributed by atoms with Crippen LogP contribution in [0, 0.1) is 0 Å². The molecule has 2 N–H and O–H groups in total. The van der Waals surface area contributed by atoms with Crippen molar-refractivity contribution >= 4 is 50.8 Å². The molecule has 10 heteroatoms. The predicted molar refractivity (Wildman–Crippen MR) is 108 cm³/mol. The number of sulfonamides is 1. The van der Waals surface area contributed by atoms with E-state index in [4.69, 9.17) is 27.9 Å². The molecule has 0 radical (unpaired) electrons. The van der Waals surface area contributed by atoms with Gasteiger partial charge in [-0.25, -0.2) is 13.2 Å². The number of para-hydroxylation sites is 1. The van der Waals surface area contributed by atoms with Crippen LogP contribution < -0.4 is 10.0 Å². The highest BCUT2D eigenvalue weighted by Gasteiger charge is 2.18. The summed E-state index contributed by atoms with van der Waals surface area (Å²) in [5.41, 5.74) is 0.722. The first-order valence-corrected chi connectivity index (χ1v) is 10.7. The standard InChI is InChI=1S/C18H18Cl2N2O5S/c1-11(13-8-7-12(19)9-15(13)20)21-17(23)10-27-18(24)14-5-3-4-6-16(14)22-28(2,25)26/h3-9,11,22H,10H2,1-2H3,(H,21,23)/t11-/m0/s1. The van der Waals surface area contributed by atoms with E-state index in [1.807, 2.05) is 0 Å². The Morgan fingerprint density at radius 3 is 2.46 bits per heavy atom. The molecule has 0 aliphatic rings. The molecule has 0 aromatic heterocycles. The minimum atomic E-state index is -3.58. The van der Waals surface area contributed by atoms with E-state index < -0.39 is 34.5 Å². The molecule has 1 amide bonds. The predicted octanol–water partition coefficient (Wildman–Crippen LogP) is 3.40. The molecule has 0 spiro atoms. The number of carbonyl (C=O) groups is 2. The fourth-order valence-corrected chi connectivity index (χ4v) is 3.52. The van der Waals surface area contributed by atoms with Gasteiger partial charge in [-0.05, 0) is 36.8 Å². The number of hydrogen-bond acceptors (Lipinski definition) is 5. The molecule has 28 heavy (non-hydrogen) atoms. The lowest BCUT2D eigenvalue weighted by Gasteiger charge is -2.16. The summed E-state index contributed by atoms with van der Waals surface area (Å²) in [6.07, 6.45) is 0.964. The van der Waals surface area contributed by atoms with Crippen LogP contribution in [-0.2, 0) is 19.6 Å². The van der Waals surface area contributed by atoms with Crippen molar-refractivity contribution in [1.29, 1.82) is 0 Å². The van der Waals surface area contributed by atoms with Crippen molar-refractivity contribution in [2.24, 2.45) is 0 Å². The van der Waals surface area contributed by atoms with Crippen LogP contribution in [0.25, 0.3) is 0 Å². The van der Waals surface area contributed by atoms with Crippen LogP contribution in [0.4, 0.5) is 5.69 Å². The van der Waals surface area contributed by atoms with Crippen molar-refractivity contribution < 1.29 is 22.7 Å². The zero-order valence-electron chi connectivity index (χ0n) is 15.0. The summed E-state index contributed by atoms with van der Waals surface area (Å²) < 4.78 is 30.0. The Morgan fingerprint density at radius 2 is 1.82 bits per heavy atom. The summed E-state index contributed by atoms with van der Waals surface area (Å²) in [5.74, 6) is -1.38. The highest BCUT2D eigenvalue weighted by Crippen LogP contribution is 2.26. The number of anilines is 1. The molecule has 1 atom stereocenters. The van der Waals surface area contributed by atoms with E-state index in [1.54, 1.807) is 37.3 Å². The van der Waals surface area contributed by atoms with Crippen molar-refractivity contribution in [2.45, 2.75) is 13.0 Å². The number of halogens is 2. The number of rotatable bonds is 7. The van der Waals surface area contributed by atoms with E-state index in [0.717, 1.165) is 6.26 Å². The van der Waals surface area contributed by atoms with Gasteiger partial charge in [0.1, 0.15) is 0 Å². The van der Waals surface area contributed by atoms with Crippen molar-refractivity contribution in [2.75, 3.05) is 17.6 Å². The second-order valence-electron chi connectivity index (χ2n) is 5.95. The summed E-state index contributed by atoms with van der Waals surface area (Å²) >= 11 is 12.0. The first kappa shape index (κ1) is 22.0. The van der Waals surface area contributed by atoms with Crippen LogP contribution in [0.15, 0.2) is 42.5 Å². The Bertz CT molecular complexity index is 995. The third-order valence-corrected chi connectivity index (χ3v) is 4.74. The Morgan fingerprint density at radius 1 is 1.14 bits per heavy atom. The highest BCUT2D eigenvalue weighted by molar-refractivity contribution is 7.92. The van der Waals surface area contributed by atoms with Gasteiger partial charge in [0.05, 0.1) is 23.5 Å². The van der Waals surface area contributed by atoms with Crippen LogP contribution in [0.2, 0.25) is 10.0 Å². The SMILES string of the molecule is C[C@H](NC(=O)COC(=O)c1ccccc1NS(C)(=O)=O)c1ccc(Cl)cc1Cl. The lowest BCUT2D eigenvalue weighted by Crippen LogP contribution is -2.31. The second kappa shape index (κ2) is 9.27. The van der Waals surface area contributed by atoms with Gasteiger partial charge in [0, 0.05) is 10.0 Å². The van der Waals surface area contributed by atoms with E-state index >= 15 is 0 Å². The summed E-state index contributed by atoms with van der Waals surface area (Å²) in [6.45, 7) is 1.18. The van der Waals surface area contributed by atoms with Gasteiger partial charge in [-0.15, -0.1) is 0 Å². The maximum absolute atomic E-state index is 12.2. The van der Waals surface area contributed by atoms with Gasteiger partial charge in [0.2, 0.25) is 10.0 Å². The quantitative estimate of drug-likeness (QED) is 0.637. The monoisotopic (exact) mass is 444 g/mol. The van der Waals surface area contributed by atoms with Crippen LogP contribution in [0.5, 0.6) is 0 Å². The first-order chi connectivity index (χ1) is 13.1. The number of ether oxygens (including phenoxy) is 1. The Hall–Kier alpha value is -2.29. The fraction of sp³-hybridized carbons (Fsp3) is 0.222. The largest absolute Gasteiger partial charge is 0.452 e. The molecule has 0 aliphatic carbocycles. The molecule has 7 nitrogen and oxygen atoms in total. The molecule has 0 fully saturated rings. The van der Waals surface area contributed by atoms with Crippen LogP contribution >= 0.6 is 23.2 Å². The molecular weight excluding hydrogens is 427 g/mol. The maximum atomic E-state index is 12.2. The van der Waals surface area contributed by atoms with Crippen LogP contribution in [0.1, 0.15) is 28.9 Å². The minimum absolute atomic E-state index is 0.00507. The average Bonchev–Trinajstić information content (AvgIpc) is 2.58. The zero-order chi connectivity index (χ0) is 20.9. The Kier molecular flexibility index (Phi) is 7.29. The number of hydrogen-bond donors (Lipinski definition) is 2. The summed E-state index contributed by atoms with van der Waals surface area (Å²) in [4.78, 5) is 24.3. The van der Waals surface area contributed by atoms with Gasteiger partial charge in [0.25, 0.3) is 5.91 Å². The van der Waals surface area contributed by atoms with Gasteiger partial charge in [-0.3, -0.25) is 9.52 Å². The van der Waals surface area contributed by atoms with E-state index in [0.29, 0.717) is 15.6 Å². The van der Waals surface area contributed by atoms with Gasteiger partial charge in [-0.2, -0.15) is 0 Å². The average molecular weight is 445 g/mol. The van der Waals surface area contributed by atoms with Crippen molar-refractivity contribution in [3.63, 3.8) is 0 Å². The summed E-state index contributed by atoms with van der Waals surface area (Å²) in [6, 6.07) is 10.4. The number of carbonyl (C=O) groups excluding carboxylic acids is 2. The van der Waals surface area contributed by atoms with Gasteiger partial charge in [0.15, 0.2) is 6.61 Å². The lowest BCUT2D eigenvalue weighted by molar-refractivity contribution is -0.124. The van der Waals surface area contributed by atoms with Crippen molar-refractivity contribution in [3.05, 3.63) is 63.6 Å². The highest BCUT2D eigenvalue weighted by atomic mass is 35.5. The molecule has 2 rings (SSSR count). The number of amides is 1. The molecule has 0 heterocycles. The molecular formula is C18H18Cl2N2O5S. The molecule has 150 valence electrons. The third kappa shape index (κ3) is 6.40. The number of nitrogens with one attached hydrogen (secondary N) is 2. The Labute approximate surface area is 173 Å². The van der Waals surface area contributed by atoms with E-state index in [2.05, 4.69) is 10.0 Å². The summed E-state index contributed by atoms with van der Waals surface area (Å²) in [5, 5.41) is 3.54. The smallest absolute Gasteiger partial charge is 0.340 e. The molecule has 0 bridgehead atoms. The van der Waals surface area contributed by atoms with Gasteiger partial charge >= 0.3 is 5.97 Å². The zero-order valence-corrected chi connectivity index (χ0v) is 17.4. The van der Waals surface area contributed by atoms with Crippen molar-refractivity contribution in [1.82, 2.24) is 5.32 Å². The van der Waals surface area contributed by atoms with Gasteiger partial charge in [-0.1, -0.05) is 41.4 Å². The van der Waals surface area contributed by atoms with Gasteiger partial charge < -0.3 is 10.1 Å². The van der Waals surface area contributed by atoms with Crippen molar-refractivity contribution in [3.8, 4) is 0 Å². The number of esters is 1. The van der Waals surface area contributed by atoms with Crippen LogP contribution in [0.3, 0.4) is 0 Å². The lowest BCUT2D eigenvalue weighted by atomic mass is 10.1. The third-order valence-electron chi connectivity index (χ3n) is 3.58. The normalized spacial score (nSPS) is 12.1. The molecule has 0 saturated heterocycles. The maximum Gasteiger partial charge on any atom is 0.340 e. The molecule has 0 saturated carbocycles. The topological polar surface area (TPSA) is 102 Å². The number of benzene rings is 2.